The Kier molecular flexibility index (Phi) is 8.88. The number of aromatic nitrogens is 4. The normalized spacial score (nSPS) is 14.7. The molecule has 1 saturated heterocycles. The number of aliphatic hydroxyl groups is 1. The van der Waals surface area contributed by atoms with Crippen molar-refractivity contribution in [1.29, 1.82) is 0 Å². The Morgan fingerprint density at radius 3 is 2.71 bits per heavy atom. The van der Waals surface area contributed by atoms with Crippen LogP contribution >= 0.6 is 11.6 Å². The van der Waals surface area contributed by atoms with Gasteiger partial charge in [0.1, 0.15) is 12.0 Å². The van der Waals surface area contributed by atoms with E-state index in [1.807, 2.05) is 44.6 Å². The molecule has 1 atom stereocenters. The van der Waals surface area contributed by atoms with E-state index < -0.39 is 6.23 Å². The van der Waals surface area contributed by atoms with Gasteiger partial charge in [-0.25, -0.2) is 14.5 Å². The fraction of sp³-hybridized carbons (Fsp3) is 0.310. The molecule has 0 bridgehead atoms. The summed E-state index contributed by atoms with van der Waals surface area (Å²) >= 11 is 6.51. The number of methoxy groups -OCH3 is 1. The van der Waals surface area contributed by atoms with E-state index in [9.17, 15) is 9.90 Å². The van der Waals surface area contributed by atoms with Crippen molar-refractivity contribution in [3.63, 3.8) is 0 Å². The number of benzene rings is 1. The van der Waals surface area contributed by atoms with E-state index in [1.165, 1.54) is 12.3 Å². The highest BCUT2D eigenvalue weighted by atomic mass is 35.5. The average Bonchev–Trinajstić information content (AvgIpc) is 3.42. The van der Waals surface area contributed by atoms with Crippen molar-refractivity contribution in [1.82, 2.24) is 29.4 Å². The third-order valence-corrected chi connectivity index (χ3v) is 7.44. The van der Waals surface area contributed by atoms with Gasteiger partial charge >= 0.3 is 0 Å². The van der Waals surface area contributed by atoms with Gasteiger partial charge in [0.15, 0.2) is 0 Å². The van der Waals surface area contributed by atoms with Crippen molar-refractivity contribution in [2.75, 3.05) is 69.5 Å². The molecule has 1 amide bonds. The summed E-state index contributed by atoms with van der Waals surface area (Å²) in [6.07, 6.45) is 5.80. The molecule has 4 aromatic rings. The Bertz CT molecular complexity index is 1580. The maximum atomic E-state index is 12.4. The molecule has 0 radical (unpaired) electrons. The second kappa shape index (κ2) is 12.7. The minimum absolute atomic E-state index is 0.296. The second-order valence-corrected chi connectivity index (χ2v) is 10.5. The summed E-state index contributed by atoms with van der Waals surface area (Å²) in [5.41, 5.74) is 4.11. The molecule has 5 rings (SSSR count). The Hall–Kier alpha value is -4.23. The molecule has 1 unspecified atom stereocenters. The van der Waals surface area contributed by atoms with Crippen molar-refractivity contribution in [3.8, 4) is 17.0 Å². The number of pyridine rings is 1. The molecule has 220 valence electrons. The van der Waals surface area contributed by atoms with Gasteiger partial charge in [-0.2, -0.15) is 5.10 Å². The van der Waals surface area contributed by atoms with Crippen LogP contribution in [0.5, 0.6) is 5.75 Å². The number of aliphatic hydroxyl groups excluding tert-OH is 1. The quantitative estimate of drug-likeness (QED) is 0.187. The third-order valence-electron chi connectivity index (χ3n) is 7.16. The minimum Gasteiger partial charge on any atom is -0.494 e. The number of nitrogens with one attached hydrogen (secondary N) is 2. The van der Waals surface area contributed by atoms with E-state index >= 15 is 0 Å². The van der Waals surface area contributed by atoms with Gasteiger partial charge in [-0.1, -0.05) is 24.2 Å². The molecule has 1 aliphatic heterocycles. The lowest BCUT2D eigenvalue weighted by atomic mass is 10.1. The summed E-state index contributed by atoms with van der Waals surface area (Å²) in [6, 6.07) is 9.44. The van der Waals surface area contributed by atoms with E-state index in [0.717, 1.165) is 29.9 Å². The number of fused-ring (bicyclic) bond motifs is 1. The Morgan fingerprint density at radius 1 is 1.21 bits per heavy atom. The standard InChI is InChI=1S/C29H34ClN9O3/c1-5-26(40)33-21-14-22(25(42-4)15-24(21)38-12-10-37(11-13-38)18-27(41)36(2)3)34-29-31-17-20(30)28(35-29)19-16-32-39-9-7-6-8-23(19)39/h5-9,14-17,27,41H,1,10-13,18H2,2-4H3,(H,33,40)(H,31,34,35). The first-order valence-electron chi connectivity index (χ1n) is 13.5. The fourth-order valence-electron chi connectivity index (χ4n) is 4.80. The lowest BCUT2D eigenvalue weighted by Crippen LogP contribution is -2.50. The number of hydrogen-bond donors (Lipinski definition) is 3. The van der Waals surface area contributed by atoms with Gasteiger partial charge in [-0.05, 0) is 38.4 Å². The van der Waals surface area contributed by atoms with Crippen molar-refractivity contribution in [2.24, 2.45) is 0 Å². The zero-order valence-corrected chi connectivity index (χ0v) is 24.5. The van der Waals surface area contributed by atoms with E-state index in [2.05, 4.69) is 37.1 Å². The number of amides is 1. The number of rotatable bonds is 10. The molecular weight excluding hydrogens is 558 g/mol. The van der Waals surface area contributed by atoms with Crippen LogP contribution in [0, 0.1) is 0 Å². The first-order chi connectivity index (χ1) is 20.3. The summed E-state index contributed by atoms with van der Waals surface area (Å²) in [5, 5.41) is 21.2. The van der Waals surface area contributed by atoms with Crippen LogP contribution in [0.1, 0.15) is 0 Å². The molecule has 1 aliphatic rings. The van der Waals surface area contributed by atoms with Crippen molar-refractivity contribution in [2.45, 2.75) is 6.23 Å². The number of β-amino-alcohol motifs (C(OH)–C–C–N with tert-alkyl or cyclic N) is 1. The van der Waals surface area contributed by atoms with Gasteiger partial charge in [-0.3, -0.25) is 14.6 Å². The number of carbonyl (C=O) groups is 1. The van der Waals surface area contributed by atoms with Gasteiger partial charge in [0, 0.05) is 50.6 Å². The van der Waals surface area contributed by atoms with Crippen LogP contribution in [-0.4, -0.2) is 101 Å². The highest BCUT2D eigenvalue weighted by molar-refractivity contribution is 6.33. The number of halogens is 1. The number of ether oxygens (including phenoxy) is 1. The number of carbonyl (C=O) groups excluding carboxylic acids is 1. The zero-order chi connectivity index (χ0) is 29.8. The summed E-state index contributed by atoms with van der Waals surface area (Å²) in [6.45, 7) is 7.08. The molecule has 4 heterocycles. The molecule has 0 saturated carbocycles. The molecule has 42 heavy (non-hydrogen) atoms. The van der Waals surface area contributed by atoms with Gasteiger partial charge in [0.2, 0.25) is 11.9 Å². The number of hydrogen-bond acceptors (Lipinski definition) is 10. The first kappa shape index (κ1) is 29.3. The predicted octanol–water partition coefficient (Wildman–Crippen LogP) is 3.32. The molecule has 12 nitrogen and oxygen atoms in total. The molecule has 3 aromatic heterocycles. The van der Waals surface area contributed by atoms with Crippen LogP contribution in [0.25, 0.3) is 16.8 Å². The Labute approximate surface area is 249 Å². The third kappa shape index (κ3) is 6.31. The van der Waals surface area contributed by atoms with Gasteiger partial charge in [0.25, 0.3) is 0 Å². The summed E-state index contributed by atoms with van der Waals surface area (Å²) < 4.78 is 7.50. The fourth-order valence-corrected chi connectivity index (χ4v) is 4.99. The van der Waals surface area contributed by atoms with Crippen molar-refractivity contribution in [3.05, 3.63) is 66.6 Å². The van der Waals surface area contributed by atoms with Gasteiger partial charge in [-0.15, -0.1) is 0 Å². The average molecular weight is 592 g/mol. The molecule has 3 N–H and O–H groups in total. The van der Waals surface area contributed by atoms with Crippen LogP contribution in [0.2, 0.25) is 5.02 Å². The predicted molar refractivity (Wildman–Crippen MR) is 165 cm³/mol. The van der Waals surface area contributed by atoms with Crippen LogP contribution < -0.4 is 20.3 Å². The summed E-state index contributed by atoms with van der Waals surface area (Å²) in [7, 11) is 5.29. The number of anilines is 4. The topological polar surface area (TPSA) is 123 Å². The molecule has 1 fully saturated rings. The SMILES string of the molecule is C=CC(=O)Nc1cc(Nc2ncc(Cl)c(-c3cnn4ccccc34)n2)c(OC)cc1N1CCN(CC(O)N(C)C)CC1. The summed E-state index contributed by atoms with van der Waals surface area (Å²) in [4.78, 5) is 27.7. The molecule has 1 aromatic carbocycles. The Balaban J connectivity index is 1.44. The monoisotopic (exact) mass is 591 g/mol. The van der Waals surface area contributed by atoms with Crippen molar-refractivity contribution < 1.29 is 14.6 Å². The molecule has 0 spiro atoms. The number of piperazine rings is 1. The van der Waals surface area contributed by atoms with Crippen LogP contribution in [-0.2, 0) is 4.79 Å². The molecule has 13 heteroatoms. The minimum atomic E-state index is -0.534. The van der Waals surface area contributed by atoms with Crippen LogP contribution in [0.4, 0.5) is 23.0 Å². The largest absolute Gasteiger partial charge is 0.494 e. The zero-order valence-electron chi connectivity index (χ0n) is 23.8. The van der Waals surface area contributed by atoms with E-state index in [-0.39, 0.29) is 5.91 Å². The first-order valence-corrected chi connectivity index (χ1v) is 13.8. The lowest BCUT2D eigenvalue weighted by Gasteiger charge is -2.38. The van der Waals surface area contributed by atoms with E-state index in [4.69, 9.17) is 21.3 Å². The Morgan fingerprint density at radius 2 is 2.00 bits per heavy atom. The number of likely N-dealkylation sites (N-methyl/N-ethyl adjacent to an activating group) is 1. The van der Waals surface area contributed by atoms with Crippen LogP contribution in [0.3, 0.4) is 0 Å². The van der Waals surface area contributed by atoms with Gasteiger partial charge < -0.3 is 25.4 Å². The lowest BCUT2D eigenvalue weighted by molar-refractivity contribution is -0.111. The second-order valence-electron chi connectivity index (χ2n) is 10.1. The van der Waals surface area contributed by atoms with E-state index in [0.29, 0.717) is 53.4 Å². The van der Waals surface area contributed by atoms with Crippen molar-refractivity contribution >= 4 is 46.0 Å². The highest BCUT2D eigenvalue weighted by Gasteiger charge is 2.24. The maximum absolute atomic E-state index is 12.4. The van der Waals surface area contributed by atoms with Crippen LogP contribution in [0.15, 0.2) is 61.6 Å². The maximum Gasteiger partial charge on any atom is 0.247 e. The highest BCUT2D eigenvalue weighted by Crippen LogP contribution is 2.39. The molecular formula is C29H34ClN9O3. The van der Waals surface area contributed by atoms with Gasteiger partial charge in [0.05, 0.1) is 52.8 Å². The van der Waals surface area contributed by atoms with E-state index in [1.54, 1.807) is 28.8 Å². The smallest absolute Gasteiger partial charge is 0.247 e. The number of nitrogens with zero attached hydrogens (tertiary/aromatic N) is 7. The molecule has 0 aliphatic carbocycles. The summed E-state index contributed by atoms with van der Waals surface area (Å²) in [5.74, 6) is 0.506.